The molecule has 0 amide bonds. The Kier molecular flexibility index (Phi) is 7.67. The summed E-state index contributed by atoms with van der Waals surface area (Å²) in [7, 11) is 0. The van der Waals surface area contributed by atoms with Gasteiger partial charge < -0.3 is 5.11 Å². The molecule has 0 spiro atoms. The number of ketones is 1. The van der Waals surface area contributed by atoms with Crippen molar-refractivity contribution in [2.75, 3.05) is 0 Å². The van der Waals surface area contributed by atoms with Crippen molar-refractivity contribution < 1.29 is 9.90 Å². The Hall–Kier alpha value is -0.370. The molecular weight excluding hydrogens is 188 g/mol. The molecule has 15 heavy (non-hydrogen) atoms. The Bertz CT molecular complexity index is 173. The first-order valence-electron chi connectivity index (χ1n) is 6.14. The average molecular weight is 214 g/mol. The van der Waals surface area contributed by atoms with Gasteiger partial charge in [0.05, 0.1) is 6.10 Å². The predicted molar refractivity (Wildman–Crippen MR) is 63.8 cm³/mol. The molecule has 0 heterocycles. The number of unbranched alkanes of at least 4 members (excludes halogenated alkanes) is 1. The van der Waals surface area contributed by atoms with Crippen molar-refractivity contribution in [1.29, 1.82) is 0 Å². The van der Waals surface area contributed by atoms with Gasteiger partial charge in [-0.2, -0.15) is 0 Å². The van der Waals surface area contributed by atoms with Gasteiger partial charge in [0.1, 0.15) is 5.78 Å². The molecule has 2 heteroatoms. The van der Waals surface area contributed by atoms with Crippen molar-refractivity contribution in [3.8, 4) is 0 Å². The fraction of sp³-hybridized carbons (Fsp3) is 0.923. The number of hydrogen-bond acceptors (Lipinski definition) is 2. The maximum atomic E-state index is 11.3. The van der Waals surface area contributed by atoms with Crippen LogP contribution >= 0.6 is 0 Å². The molecule has 0 aliphatic heterocycles. The fourth-order valence-corrected chi connectivity index (χ4v) is 1.50. The number of aliphatic hydroxyl groups is 1. The molecule has 1 atom stereocenters. The van der Waals surface area contributed by atoms with E-state index < -0.39 is 6.10 Å². The van der Waals surface area contributed by atoms with E-state index in [9.17, 15) is 9.90 Å². The number of hydrogen-bond donors (Lipinski definition) is 1. The van der Waals surface area contributed by atoms with E-state index in [-0.39, 0.29) is 11.7 Å². The summed E-state index contributed by atoms with van der Waals surface area (Å²) in [6, 6.07) is 0. The highest BCUT2D eigenvalue weighted by Crippen LogP contribution is 2.12. The fourth-order valence-electron chi connectivity index (χ4n) is 1.50. The van der Waals surface area contributed by atoms with E-state index in [1.165, 1.54) is 6.42 Å². The van der Waals surface area contributed by atoms with Crippen molar-refractivity contribution >= 4 is 5.78 Å². The number of carbonyl (C=O) groups is 1. The van der Waals surface area contributed by atoms with Crippen molar-refractivity contribution in [2.45, 2.75) is 65.9 Å². The molecule has 0 saturated heterocycles. The summed E-state index contributed by atoms with van der Waals surface area (Å²) in [5.41, 5.74) is 0. The normalized spacial score (nSPS) is 13.5. The zero-order chi connectivity index (χ0) is 11.8. The zero-order valence-corrected chi connectivity index (χ0v) is 10.6. The van der Waals surface area contributed by atoms with Crippen LogP contribution in [-0.4, -0.2) is 17.0 Å². The van der Waals surface area contributed by atoms with Crippen LogP contribution < -0.4 is 0 Å². The lowest BCUT2D eigenvalue weighted by Crippen LogP contribution is -2.17. The van der Waals surface area contributed by atoms with Crippen LogP contribution in [-0.2, 0) is 4.79 Å². The van der Waals surface area contributed by atoms with Crippen LogP contribution in [0.25, 0.3) is 0 Å². The van der Waals surface area contributed by atoms with Crippen molar-refractivity contribution in [2.24, 2.45) is 11.8 Å². The quantitative estimate of drug-likeness (QED) is 0.630. The summed E-state index contributed by atoms with van der Waals surface area (Å²) in [5.74, 6) is 0.959. The lowest BCUT2D eigenvalue weighted by molar-refractivity contribution is -0.123. The summed E-state index contributed by atoms with van der Waals surface area (Å²) < 4.78 is 0. The van der Waals surface area contributed by atoms with Crippen LogP contribution in [0.3, 0.4) is 0 Å². The van der Waals surface area contributed by atoms with Gasteiger partial charge in [-0.1, -0.05) is 47.0 Å². The molecule has 0 aromatic carbocycles. The van der Waals surface area contributed by atoms with Gasteiger partial charge in [0.25, 0.3) is 0 Å². The van der Waals surface area contributed by atoms with Gasteiger partial charge >= 0.3 is 0 Å². The van der Waals surface area contributed by atoms with Gasteiger partial charge in [-0.15, -0.1) is 0 Å². The molecule has 2 nitrogen and oxygen atoms in total. The highest BCUT2D eigenvalue weighted by Gasteiger charge is 2.13. The van der Waals surface area contributed by atoms with E-state index in [0.29, 0.717) is 6.42 Å². The monoisotopic (exact) mass is 214 g/mol. The van der Waals surface area contributed by atoms with Gasteiger partial charge in [0, 0.05) is 12.3 Å². The second-order valence-corrected chi connectivity index (χ2v) is 5.16. The first kappa shape index (κ1) is 14.6. The topological polar surface area (TPSA) is 37.3 Å². The molecule has 1 N–H and O–H groups in total. The van der Waals surface area contributed by atoms with Crippen LogP contribution in [0.4, 0.5) is 0 Å². The summed E-state index contributed by atoms with van der Waals surface area (Å²) in [4.78, 5) is 11.3. The van der Waals surface area contributed by atoms with Crippen molar-refractivity contribution in [3.63, 3.8) is 0 Å². The minimum absolute atomic E-state index is 0.0512. The Labute approximate surface area is 94.1 Å². The number of aliphatic hydroxyl groups excluding tert-OH is 1. The van der Waals surface area contributed by atoms with E-state index in [0.717, 1.165) is 25.2 Å². The standard InChI is InChI=1S/C13H26O2/c1-10(2)7-5-6-8-12(14)9-13(15)11(3)4/h10-12,14H,5-9H2,1-4H3. The van der Waals surface area contributed by atoms with Gasteiger partial charge in [-0.05, 0) is 12.3 Å². The van der Waals surface area contributed by atoms with Crippen LogP contribution in [0, 0.1) is 11.8 Å². The zero-order valence-electron chi connectivity index (χ0n) is 10.6. The summed E-state index contributed by atoms with van der Waals surface area (Å²) in [6.45, 7) is 8.18. The van der Waals surface area contributed by atoms with Crippen LogP contribution in [0.2, 0.25) is 0 Å². The molecule has 0 aliphatic rings. The van der Waals surface area contributed by atoms with E-state index in [1.807, 2.05) is 13.8 Å². The first-order valence-corrected chi connectivity index (χ1v) is 6.14. The highest BCUT2D eigenvalue weighted by molar-refractivity contribution is 5.80. The molecular formula is C13H26O2. The van der Waals surface area contributed by atoms with Gasteiger partial charge in [0.15, 0.2) is 0 Å². The van der Waals surface area contributed by atoms with Gasteiger partial charge in [-0.3, -0.25) is 4.79 Å². The average Bonchev–Trinajstić information content (AvgIpc) is 2.12. The Morgan fingerprint density at radius 1 is 1.07 bits per heavy atom. The lowest BCUT2D eigenvalue weighted by atomic mass is 9.98. The van der Waals surface area contributed by atoms with Gasteiger partial charge in [0.2, 0.25) is 0 Å². The van der Waals surface area contributed by atoms with E-state index in [4.69, 9.17) is 0 Å². The molecule has 1 unspecified atom stereocenters. The summed E-state index contributed by atoms with van der Waals surface area (Å²) >= 11 is 0. The third-order valence-corrected chi connectivity index (χ3v) is 2.65. The highest BCUT2D eigenvalue weighted by atomic mass is 16.3. The SMILES string of the molecule is CC(C)CCCCC(O)CC(=O)C(C)C. The molecule has 0 aromatic heterocycles. The summed E-state index contributed by atoms with van der Waals surface area (Å²) in [6.07, 6.45) is 4.08. The Morgan fingerprint density at radius 3 is 2.07 bits per heavy atom. The van der Waals surface area contributed by atoms with E-state index in [1.54, 1.807) is 0 Å². The second kappa shape index (κ2) is 7.86. The molecule has 0 radical (unpaired) electrons. The maximum absolute atomic E-state index is 11.3. The predicted octanol–water partition coefficient (Wildman–Crippen LogP) is 3.18. The molecule has 0 aliphatic carbocycles. The van der Waals surface area contributed by atoms with Crippen LogP contribution in [0.1, 0.15) is 59.8 Å². The minimum atomic E-state index is -0.424. The molecule has 90 valence electrons. The third-order valence-electron chi connectivity index (χ3n) is 2.65. The molecule has 0 aromatic rings. The van der Waals surface area contributed by atoms with E-state index >= 15 is 0 Å². The maximum Gasteiger partial charge on any atom is 0.137 e. The van der Waals surface area contributed by atoms with Crippen LogP contribution in [0.15, 0.2) is 0 Å². The van der Waals surface area contributed by atoms with Crippen LogP contribution in [0.5, 0.6) is 0 Å². The largest absolute Gasteiger partial charge is 0.393 e. The number of rotatable bonds is 8. The molecule has 0 bridgehead atoms. The van der Waals surface area contributed by atoms with Gasteiger partial charge in [-0.25, -0.2) is 0 Å². The summed E-state index contributed by atoms with van der Waals surface area (Å²) in [5, 5.41) is 9.61. The minimum Gasteiger partial charge on any atom is -0.393 e. The number of Topliss-reactive ketones (excluding diaryl/α,β-unsaturated/α-hetero) is 1. The second-order valence-electron chi connectivity index (χ2n) is 5.16. The molecule has 0 saturated carbocycles. The Balaban J connectivity index is 3.49. The molecule has 0 fully saturated rings. The van der Waals surface area contributed by atoms with Crippen molar-refractivity contribution in [1.82, 2.24) is 0 Å². The lowest BCUT2D eigenvalue weighted by Gasteiger charge is -2.11. The third kappa shape index (κ3) is 8.61. The van der Waals surface area contributed by atoms with Crippen molar-refractivity contribution in [3.05, 3.63) is 0 Å². The smallest absolute Gasteiger partial charge is 0.137 e. The Morgan fingerprint density at radius 2 is 1.60 bits per heavy atom. The number of carbonyl (C=O) groups excluding carboxylic acids is 1. The first-order chi connectivity index (χ1) is 6.93. The van der Waals surface area contributed by atoms with E-state index in [2.05, 4.69) is 13.8 Å². The molecule has 0 rings (SSSR count).